The van der Waals surface area contributed by atoms with E-state index in [4.69, 9.17) is 16.3 Å². The molecular formula is C13H15ClN2O4. The molecule has 0 saturated heterocycles. The van der Waals surface area contributed by atoms with E-state index in [9.17, 15) is 14.4 Å². The summed E-state index contributed by atoms with van der Waals surface area (Å²) in [6.07, 6.45) is 0. The molecule has 0 aromatic heterocycles. The van der Waals surface area contributed by atoms with Crippen LogP contribution in [-0.4, -0.2) is 30.6 Å². The number of hydrogen-bond acceptors (Lipinski definition) is 4. The van der Waals surface area contributed by atoms with Crippen molar-refractivity contribution in [3.05, 3.63) is 34.9 Å². The van der Waals surface area contributed by atoms with Crippen molar-refractivity contribution in [3.8, 4) is 0 Å². The zero-order chi connectivity index (χ0) is 15.1. The van der Waals surface area contributed by atoms with Crippen LogP contribution in [0.2, 0.25) is 5.02 Å². The van der Waals surface area contributed by atoms with Crippen LogP contribution in [0.4, 0.5) is 4.79 Å². The third-order valence-electron chi connectivity index (χ3n) is 2.09. The van der Waals surface area contributed by atoms with Gasteiger partial charge < -0.3 is 10.1 Å². The van der Waals surface area contributed by atoms with E-state index in [1.807, 2.05) is 5.32 Å². The Morgan fingerprint density at radius 1 is 1.20 bits per heavy atom. The SMILES string of the molecule is CC(C)NC(=O)NC(=O)COC(=O)c1ccc(Cl)cc1. The maximum atomic E-state index is 11.6. The quantitative estimate of drug-likeness (QED) is 0.829. The second kappa shape index (κ2) is 7.49. The van der Waals surface area contributed by atoms with Crippen molar-refractivity contribution in [2.75, 3.05) is 6.61 Å². The smallest absolute Gasteiger partial charge is 0.338 e. The van der Waals surface area contributed by atoms with Crippen LogP contribution in [0.3, 0.4) is 0 Å². The number of imide groups is 1. The minimum atomic E-state index is -0.703. The minimum absolute atomic E-state index is 0.0978. The Balaban J connectivity index is 2.39. The van der Waals surface area contributed by atoms with Gasteiger partial charge in [0.25, 0.3) is 5.91 Å². The van der Waals surface area contributed by atoms with Crippen molar-refractivity contribution >= 4 is 29.5 Å². The molecule has 108 valence electrons. The summed E-state index contributed by atoms with van der Waals surface area (Å²) in [6.45, 7) is 2.97. The van der Waals surface area contributed by atoms with Crippen LogP contribution >= 0.6 is 11.6 Å². The summed E-state index contributed by atoms with van der Waals surface area (Å²) in [5.41, 5.74) is 0.272. The fourth-order valence-electron chi connectivity index (χ4n) is 1.26. The Hall–Kier alpha value is -2.08. The van der Waals surface area contributed by atoms with Crippen LogP contribution in [-0.2, 0) is 9.53 Å². The first kappa shape index (κ1) is 16.0. The number of esters is 1. The summed E-state index contributed by atoms with van der Waals surface area (Å²) < 4.78 is 4.76. The number of urea groups is 1. The number of carbonyl (C=O) groups excluding carboxylic acids is 3. The predicted molar refractivity (Wildman–Crippen MR) is 73.5 cm³/mol. The van der Waals surface area contributed by atoms with Crippen LogP contribution in [0.15, 0.2) is 24.3 Å². The molecule has 3 amide bonds. The lowest BCUT2D eigenvalue weighted by Crippen LogP contribution is -2.44. The van der Waals surface area contributed by atoms with Gasteiger partial charge in [0.2, 0.25) is 0 Å². The molecule has 0 radical (unpaired) electrons. The first-order valence-electron chi connectivity index (χ1n) is 5.91. The Bertz CT molecular complexity index is 500. The van der Waals surface area contributed by atoms with E-state index in [0.29, 0.717) is 5.02 Å². The van der Waals surface area contributed by atoms with Gasteiger partial charge in [0.05, 0.1) is 5.56 Å². The number of halogens is 1. The van der Waals surface area contributed by atoms with Crippen molar-refractivity contribution in [3.63, 3.8) is 0 Å². The zero-order valence-electron chi connectivity index (χ0n) is 11.1. The molecule has 20 heavy (non-hydrogen) atoms. The molecule has 0 fully saturated rings. The van der Waals surface area contributed by atoms with E-state index in [0.717, 1.165) is 0 Å². The monoisotopic (exact) mass is 298 g/mol. The topological polar surface area (TPSA) is 84.5 Å². The summed E-state index contributed by atoms with van der Waals surface area (Å²) in [5.74, 6) is -1.37. The van der Waals surface area contributed by atoms with E-state index in [1.165, 1.54) is 24.3 Å². The van der Waals surface area contributed by atoms with Crippen molar-refractivity contribution in [2.45, 2.75) is 19.9 Å². The van der Waals surface area contributed by atoms with E-state index in [2.05, 4.69) is 5.32 Å². The Morgan fingerprint density at radius 3 is 2.35 bits per heavy atom. The minimum Gasteiger partial charge on any atom is -0.452 e. The number of hydrogen-bond donors (Lipinski definition) is 2. The third-order valence-corrected chi connectivity index (χ3v) is 2.34. The van der Waals surface area contributed by atoms with Gasteiger partial charge >= 0.3 is 12.0 Å². The lowest BCUT2D eigenvalue weighted by atomic mass is 10.2. The van der Waals surface area contributed by atoms with Gasteiger partial charge in [0, 0.05) is 11.1 Å². The lowest BCUT2D eigenvalue weighted by molar-refractivity contribution is -0.123. The summed E-state index contributed by atoms with van der Waals surface area (Å²) in [4.78, 5) is 34.2. The summed E-state index contributed by atoms with van der Waals surface area (Å²) in [5, 5.41) is 5.00. The van der Waals surface area contributed by atoms with E-state index < -0.39 is 24.5 Å². The molecule has 0 heterocycles. The molecule has 0 bridgehead atoms. The fourth-order valence-corrected chi connectivity index (χ4v) is 1.39. The summed E-state index contributed by atoms with van der Waals surface area (Å²) in [7, 11) is 0. The average molecular weight is 299 g/mol. The molecule has 0 aliphatic heterocycles. The molecule has 2 N–H and O–H groups in total. The maximum Gasteiger partial charge on any atom is 0.338 e. The maximum absolute atomic E-state index is 11.6. The van der Waals surface area contributed by atoms with Gasteiger partial charge in [-0.05, 0) is 38.1 Å². The molecule has 0 spiro atoms. The van der Waals surface area contributed by atoms with Gasteiger partial charge in [0.1, 0.15) is 0 Å². The largest absolute Gasteiger partial charge is 0.452 e. The van der Waals surface area contributed by atoms with E-state index >= 15 is 0 Å². The lowest BCUT2D eigenvalue weighted by Gasteiger charge is -2.09. The normalized spacial score (nSPS) is 10.0. The highest BCUT2D eigenvalue weighted by Crippen LogP contribution is 2.10. The second-order valence-corrected chi connectivity index (χ2v) is 4.70. The Kier molecular flexibility index (Phi) is 5.99. The molecule has 0 aliphatic rings. The summed E-state index contributed by atoms with van der Waals surface area (Å²) >= 11 is 5.68. The Morgan fingerprint density at radius 2 is 1.80 bits per heavy atom. The number of ether oxygens (including phenoxy) is 1. The van der Waals surface area contributed by atoms with Crippen molar-refractivity contribution in [1.82, 2.24) is 10.6 Å². The van der Waals surface area contributed by atoms with Crippen LogP contribution in [0.25, 0.3) is 0 Å². The van der Waals surface area contributed by atoms with Crippen LogP contribution < -0.4 is 10.6 Å². The summed E-state index contributed by atoms with van der Waals surface area (Å²) in [6, 6.07) is 5.30. The third kappa shape index (κ3) is 5.71. The molecule has 0 saturated carbocycles. The van der Waals surface area contributed by atoms with Gasteiger partial charge in [0.15, 0.2) is 6.61 Å². The Labute approximate surface area is 121 Å². The molecule has 0 atom stereocenters. The van der Waals surface area contributed by atoms with Crippen LogP contribution in [0.1, 0.15) is 24.2 Å². The van der Waals surface area contributed by atoms with Gasteiger partial charge in [-0.15, -0.1) is 0 Å². The van der Waals surface area contributed by atoms with Crippen molar-refractivity contribution < 1.29 is 19.1 Å². The fraction of sp³-hybridized carbons (Fsp3) is 0.308. The van der Waals surface area contributed by atoms with Crippen LogP contribution in [0.5, 0.6) is 0 Å². The van der Waals surface area contributed by atoms with Crippen LogP contribution in [0, 0.1) is 0 Å². The molecule has 1 aromatic rings. The first-order valence-corrected chi connectivity index (χ1v) is 6.29. The molecule has 7 heteroatoms. The number of benzene rings is 1. The zero-order valence-corrected chi connectivity index (χ0v) is 11.9. The highest BCUT2D eigenvalue weighted by Gasteiger charge is 2.12. The van der Waals surface area contributed by atoms with E-state index in [-0.39, 0.29) is 11.6 Å². The second-order valence-electron chi connectivity index (χ2n) is 4.26. The molecule has 1 rings (SSSR count). The van der Waals surface area contributed by atoms with Gasteiger partial charge in [-0.2, -0.15) is 0 Å². The molecule has 0 unspecified atom stereocenters. The molecular weight excluding hydrogens is 284 g/mol. The highest BCUT2D eigenvalue weighted by molar-refractivity contribution is 6.30. The van der Waals surface area contributed by atoms with Crippen molar-refractivity contribution in [2.24, 2.45) is 0 Å². The molecule has 1 aromatic carbocycles. The standard InChI is InChI=1S/C13H15ClN2O4/c1-8(2)15-13(19)16-11(17)7-20-12(18)9-3-5-10(14)6-4-9/h3-6,8H,7H2,1-2H3,(H2,15,16,17,19). The van der Waals surface area contributed by atoms with Gasteiger partial charge in [-0.1, -0.05) is 11.6 Å². The average Bonchev–Trinajstić information content (AvgIpc) is 2.35. The number of rotatable bonds is 4. The van der Waals surface area contributed by atoms with Gasteiger partial charge in [-0.3, -0.25) is 10.1 Å². The number of amides is 3. The first-order chi connectivity index (χ1) is 9.38. The number of carbonyl (C=O) groups is 3. The molecule has 0 aliphatic carbocycles. The highest BCUT2D eigenvalue weighted by atomic mass is 35.5. The van der Waals surface area contributed by atoms with E-state index in [1.54, 1.807) is 13.8 Å². The predicted octanol–water partition coefficient (Wildman–Crippen LogP) is 1.73. The van der Waals surface area contributed by atoms with Crippen molar-refractivity contribution in [1.29, 1.82) is 0 Å². The molecule has 6 nitrogen and oxygen atoms in total. The number of nitrogens with one attached hydrogen (secondary N) is 2. The van der Waals surface area contributed by atoms with Gasteiger partial charge in [-0.25, -0.2) is 9.59 Å².